The van der Waals surface area contributed by atoms with Gasteiger partial charge >= 0.3 is 0 Å². The smallest absolute Gasteiger partial charge is 0.223 e. The Morgan fingerprint density at radius 2 is 1.87 bits per heavy atom. The van der Waals surface area contributed by atoms with E-state index >= 15 is 0 Å². The van der Waals surface area contributed by atoms with Crippen LogP contribution in [0.2, 0.25) is 0 Å². The Labute approximate surface area is 173 Å². The lowest BCUT2D eigenvalue weighted by Crippen LogP contribution is -2.06. The highest BCUT2D eigenvalue weighted by Gasteiger charge is 2.13. The number of nitriles is 2. The number of nitrogens with zero attached hydrogens (tertiary/aromatic N) is 5. The first-order chi connectivity index (χ1) is 14.7. The van der Waals surface area contributed by atoms with Crippen molar-refractivity contribution in [3.8, 4) is 34.7 Å². The number of hydrogen-bond donors (Lipinski definition) is 2. The minimum absolute atomic E-state index is 0.375. The molecular formula is C23H17N7. The van der Waals surface area contributed by atoms with E-state index in [9.17, 15) is 5.26 Å². The highest BCUT2D eigenvalue weighted by Crippen LogP contribution is 2.26. The highest BCUT2D eigenvalue weighted by atomic mass is 15.2. The van der Waals surface area contributed by atoms with Gasteiger partial charge in [-0.1, -0.05) is 36.4 Å². The summed E-state index contributed by atoms with van der Waals surface area (Å²) in [5.74, 6) is 0.400. The summed E-state index contributed by atoms with van der Waals surface area (Å²) in [5, 5.41) is 29.1. The van der Waals surface area contributed by atoms with E-state index in [2.05, 4.69) is 37.6 Å². The van der Waals surface area contributed by atoms with E-state index in [-0.39, 0.29) is 0 Å². The van der Waals surface area contributed by atoms with Crippen LogP contribution in [-0.4, -0.2) is 20.2 Å². The average molecular weight is 391 g/mol. The Kier molecular flexibility index (Phi) is 5.19. The van der Waals surface area contributed by atoms with Crippen LogP contribution in [0, 0.1) is 29.6 Å². The van der Waals surface area contributed by atoms with Gasteiger partial charge in [-0.05, 0) is 36.2 Å². The summed E-state index contributed by atoms with van der Waals surface area (Å²) in [5.41, 5.74) is 5.94. The Morgan fingerprint density at radius 1 is 1.03 bits per heavy atom. The molecule has 0 fully saturated rings. The molecule has 144 valence electrons. The van der Waals surface area contributed by atoms with E-state index < -0.39 is 0 Å². The maximum absolute atomic E-state index is 9.46. The second-order valence-electron chi connectivity index (χ2n) is 6.70. The monoisotopic (exact) mass is 391 g/mol. The maximum Gasteiger partial charge on any atom is 0.223 e. The molecule has 0 aliphatic carbocycles. The number of hydrogen-bond acceptors (Lipinski definition) is 6. The van der Waals surface area contributed by atoms with E-state index in [0.29, 0.717) is 29.3 Å². The molecule has 7 heteroatoms. The normalized spacial score (nSPS) is 10.2. The highest BCUT2D eigenvalue weighted by molar-refractivity contribution is 5.71. The molecule has 2 N–H and O–H groups in total. The van der Waals surface area contributed by atoms with E-state index in [0.717, 1.165) is 28.1 Å². The molecule has 0 spiro atoms. The fraction of sp³-hybridized carbons (Fsp3) is 0.0870. The van der Waals surface area contributed by atoms with E-state index in [4.69, 9.17) is 5.26 Å². The lowest BCUT2D eigenvalue weighted by molar-refractivity contribution is 0.962. The molecule has 0 bridgehead atoms. The number of rotatable bonds is 5. The Hall–Kier alpha value is -4.49. The first-order valence-corrected chi connectivity index (χ1v) is 9.30. The largest absolute Gasteiger partial charge is 0.348 e. The fourth-order valence-corrected chi connectivity index (χ4v) is 3.14. The summed E-state index contributed by atoms with van der Waals surface area (Å²) in [7, 11) is 0. The van der Waals surface area contributed by atoms with Crippen LogP contribution in [0.5, 0.6) is 0 Å². The van der Waals surface area contributed by atoms with Gasteiger partial charge in [0.2, 0.25) is 5.95 Å². The molecule has 0 unspecified atom stereocenters. The van der Waals surface area contributed by atoms with Gasteiger partial charge in [0.1, 0.15) is 6.07 Å². The van der Waals surface area contributed by atoms with E-state index in [1.807, 2.05) is 43.3 Å². The van der Waals surface area contributed by atoms with Crippen LogP contribution in [0.3, 0.4) is 0 Å². The molecule has 30 heavy (non-hydrogen) atoms. The van der Waals surface area contributed by atoms with Crippen molar-refractivity contribution in [3.63, 3.8) is 0 Å². The third-order valence-corrected chi connectivity index (χ3v) is 4.66. The van der Waals surface area contributed by atoms with E-state index in [1.54, 1.807) is 18.2 Å². The van der Waals surface area contributed by atoms with Gasteiger partial charge in [-0.2, -0.15) is 15.6 Å². The molecule has 7 nitrogen and oxygen atoms in total. The van der Waals surface area contributed by atoms with Crippen LogP contribution in [0.1, 0.15) is 22.4 Å². The van der Waals surface area contributed by atoms with Gasteiger partial charge in [0.15, 0.2) is 0 Å². The average Bonchev–Trinajstić information content (AvgIpc) is 3.27. The number of anilines is 1. The quantitative estimate of drug-likeness (QED) is 0.527. The summed E-state index contributed by atoms with van der Waals surface area (Å²) >= 11 is 0. The first-order valence-electron chi connectivity index (χ1n) is 9.30. The molecule has 4 rings (SSSR count). The lowest BCUT2D eigenvalue weighted by atomic mass is 10.0. The topological polar surface area (TPSA) is 114 Å². The van der Waals surface area contributed by atoms with Gasteiger partial charge in [0, 0.05) is 5.56 Å². The van der Waals surface area contributed by atoms with Crippen LogP contribution in [0.15, 0.2) is 60.8 Å². The zero-order valence-electron chi connectivity index (χ0n) is 16.2. The number of benzene rings is 2. The molecule has 0 aliphatic rings. The van der Waals surface area contributed by atoms with Gasteiger partial charge in [-0.3, -0.25) is 5.10 Å². The fourth-order valence-electron chi connectivity index (χ4n) is 3.14. The number of H-pyrrole nitrogens is 1. The first kappa shape index (κ1) is 18.9. The van der Waals surface area contributed by atoms with Gasteiger partial charge in [0.05, 0.1) is 47.0 Å². The predicted octanol–water partition coefficient (Wildman–Crippen LogP) is 4.20. The third-order valence-electron chi connectivity index (χ3n) is 4.66. The number of nitrogens with one attached hydrogen (secondary N) is 2. The SMILES string of the molecule is Cc1cc(C#N)ccc1-c1nc(NCc2cc(-c3ccccc3)[nH]n2)ncc1C#N. The summed E-state index contributed by atoms with van der Waals surface area (Å²) in [6, 6.07) is 21.5. The molecular weight excluding hydrogens is 374 g/mol. The summed E-state index contributed by atoms with van der Waals surface area (Å²) < 4.78 is 0. The molecule has 4 aromatic rings. The van der Waals surface area contributed by atoms with Crippen LogP contribution in [0.4, 0.5) is 5.95 Å². The van der Waals surface area contributed by atoms with Crippen LogP contribution in [0.25, 0.3) is 22.5 Å². The van der Waals surface area contributed by atoms with Gasteiger partial charge in [-0.25, -0.2) is 9.97 Å². The van der Waals surface area contributed by atoms with Crippen molar-refractivity contribution < 1.29 is 0 Å². The Bertz CT molecular complexity index is 1280. The molecule has 0 radical (unpaired) electrons. The van der Waals surface area contributed by atoms with Crippen molar-refractivity contribution in [1.82, 2.24) is 20.2 Å². The summed E-state index contributed by atoms with van der Waals surface area (Å²) in [6.45, 7) is 2.32. The van der Waals surface area contributed by atoms with E-state index in [1.165, 1.54) is 6.20 Å². The van der Waals surface area contributed by atoms with Crippen molar-refractivity contribution in [2.45, 2.75) is 13.5 Å². The molecule has 0 saturated heterocycles. The molecule has 2 aromatic heterocycles. The van der Waals surface area contributed by atoms with Crippen molar-refractivity contribution in [1.29, 1.82) is 10.5 Å². The molecule has 0 saturated carbocycles. The maximum atomic E-state index is 9.46. The minimum atomic E-state index is 0.375. The van der Waals surface area contributed by atoms with Crippen LogP contribution >= 0.6 is 0 Å². The second kappa shape index (κ2) is 8.26. The molecule has 0 amide bonds. The standard InChI is InChI=1S/C23H17N7/c1-15-9-16(11-24)7-8-20(15)22-18(12-25)13-26-23(28-22)27-14-19-10-21(30-29-19)17-5-3-2-4-6-17/h2-10,13H,14H2,1H3,(H,29,30)(H,26,27,28). The van der Waals surface area contributed by atoms with Crippen molar-refractivity contribution >= 4 is 5.95 Å². The second-order valence-corrected chi connectivity index (χ2v) is 6.70. The Morgan fingerprint density at radius 3 is 2.60 bits per heavy atom. The Balaban J connectivity index is 1.57. The minimum Gasteiger partial charge on any atom is -0.348 e. The van der Waals surface area contributed by atoms with Gasteiger partial charge in [0.25, 0.3) is 0 Å². The zero-order chi connectivity index (χ0) is 20.9. The molecule has 0 atom stereocenters. The van der Waals surface area contributed by atoms with Crippen molar-refractivity contribution in [3.05, 3.63) is 83.2 Å². The van der Waals surface area contributed by atoms with Gasteiger partial charge in [-0.15, -0.1) is 0 Å². The van der Waals surface area contributed by atoms with Crippen molar-refractivity contribution in [2.24, 2.45) is 0 Å². The number of aromatic nitrogens is 4. The van der Waals surface area contributed by atoms with Gasteiger partial charge < -0.3 is 5.32 Å². The summed E-state index contributed by atoms with van der Waals surface area (Å²) in [4.78, 5) is 8.79. The van der Waals surface area contributed by atoms with Crippen molar-refractivity contribution in [2.75, 3.05) is 5.32 Å². The summed E-state index contributed by atoms with van der Waals surface area (Å²) in [6.07, 6.45) is 1.50. The molecule has 2 aromatic carbocycles. The number of aromatic amines is 1. The zero-order valence-corrected chi connectivity index (χ0v) is 16.2. The van der Waals surface area contributed by atoms with Crippen LogP contribution < -0.4 is 5.32 Å². The number of aryl methyl sites for hydroxylation is 1. The lowest BCUT2D eigenvalue weighted by Gasteiger charge is -2.10. The van der Waals surface area contributed by atoms with Crippen LogP contribution in [-0.2, 0) is 6.54 Å². The predicted molar refractivity (Wildman–Crippen MR) is 113 cm³/mol. The molecule has 2 heterocycles. The third kappa shape index (κ3) is 3.87. The molecule has 0 aliphatic heterocycles.